The summed E-state index contributed by atoms with van der Waals surface area (Å²) in [4.78, 5) is 23.5. The summed E-state index contributed by atoms with van der Waals surface area (Å²) in [7, 11) is 0. The van der Waals surface area contributed by atoms with Gasteiger partial charge in [0.25, 0.3) is 0 Å². The summed E-state index contributed by atoms with van der Waals surface area (Å²) in [5, 5.41) is 19.3. The van der Waals surface area contributed by atoms with E-state index in [0.29, 0.717) is 25.7 Å². The number of carboxylic acid groups (broad SMARTS) is 2. The largest absolute Gasteiger partial charge is 0.481 e. The Morgan fingerprint density at radius 2 is 1.90 bits per heavy atom. The molecule has 1 saturated carbocycles. The van der Waals surface area contributed by atoms with E-state index in [1.807, 2.05) is 24.3 Å². The van der Waals surface area contributed by atoms with Crippen LogP contribution in [0.25, 0.3) is 0 Å². The Bertz CT molecular complexity index is 565. The molecule has 0 bridgehead atoms. The van der Waals surface area contributed by atoms with Crippen LogP contribution in [0.5, 0.6) is 0 Å². The van der Waals surface area contributed by atoms with E-state index in [0.717, 1.165) is 17.5 Å². The molecule has 0 amide bonds. The van der Waals surface area contributed by atoms with Gasteiger partial charge in [-0.2, -0.15) is 0 Å². The van der Waals surface area contributed by atoms with Gasteiger partial charge in [-0.3, -0.25) is 9.59 Å². The lowest BCUT2D eigenvalue weighted by Gasteiger charge is -2.48. The third-order valence-corrected chi connectivity index (χ3v) is 5.13. The first-order valence-corrected chi connectivity index (χ1v) is 7.12. The van der Waals surface area contributed by atoms with Gasteiger partial charge in [-0.05, 0) is 42.7 Å². The lowest BCUT2D eigenvalue weighted by atomic mass is 9.54. The van der Waals surface area contributed by atoms with Gasteiger partial charge in [0.1, 0.15) is 0 Å². The van der Waals surface area contributed by atoms with Crippen molar-refractivity contribution < 1.29 is 19.8 Å². The number of carboxylic acids is 2. The summed E-state index contributed by atoms with van der Waals surface area (Å²) in [6.07, 6.45) is 3.24. The van der Waals surface area contributed by atoms with Crippen LogP contribution in [-0.2, 0) is 21.4 Å². The number of hydrogen-bond donors (Lipinski definition) is 2. The summed E-state index contributed by atoms with van der Waals surface area (Å²) in [5.41, 5.74) is 0.905. The maximum Gasteiger partial charge on any atom is 0.314 e. The van der Waals surface area contributed by atoms with Crippen molar-refractivity contribution in [2.75, 3.05) is 0 Å². The van der Waals surface area contributed by atoms with Crippen LogP contribution in [0.15, 0.2) is 24.3 Å². The molecule has 2 aliphatic carbocycles. The van der Waals surface area contributed by atoms with E-state index in [4.69, 9.17) is 0 Å². The Morgan fingerprint density at radius 3 is 2.60 bits per heavy atom. The van der Waals surface area contributed by atoms with Crippen LogP contribution in [0.1, 0.15) is 36.8 Å². The maximum atomic E-state index is 12.0. The quantitative estimate of drug-likeness (QED) is 0.868. The molecule has 3 unspecified atom stereocenters. The van der Waals surface area contributed by atoms with Crippen molar-refractivity contribution in [1.82, 2.24) is 0 Å². The molecule has 106 valence electrons. The van der Waals surface area contributed by atoms with Gasteiger partial charge in [-0.15, -0.1) is 0 Å². The first-order chi connectivity index (χ1) is 9.57. The highest BCUT2D eigenvalue weighted by Gasteiger charge is 2.56. The summed E-state index contributed by atoms with van der Waals surface area (Å²) < 4.78 is 0. The average Bonchev–Trinajstić information content (AvgIpc) is 2.45. The molecule has 1 aromatic rings. The molecule has 4 heteroatoms. The van der Waals surface area contributed by atoms with Crippen molar-refractivity contribution in [3.63, 3.8) is 0 Å². The fourth-order valence-electron chi connectivity index (χ4n) is 4.27. The van der Waals surface area contributed by atoms with Crippen molar-refractivity contribution >= 4 is 11.9 Å². The molecule has 1 aromatic carbocycles. The second-order valence-electron chi connectivity index (χ2n) is 5.92. The molecule has 4 nitrogen and oxygen atoms in total. The molecule has 3 rings (SSSR count). The molecule has 20 heavy (non-hydrogen) atoms. The van der Waals surface area contributed by atoms with Gasteiger partial charge in [-0.1, -0.05) is 30.7 Å². The highest BCUT2D eigenvalue weighted by atomic mass is 16.4. The molecule has 0 heterocycles. The van der Waals surface area contributed by atoms with Crippen molar-refractivity contribution in [3.05, 3.63) is 35.4 Å². The average molecular weight is 274 g/mol. The second-order valence-corrected chi connectivity index (χ2v) is 5.92. The Hall–Kier alpha value is -1.84. The van der Waals surface area contributed by atoms with E-state index >= 15 is 0 Å². The highest BCUT2D eigenvalue weighted by molar-refractivity contribution is 5.85. The topological polar surface area (TPSA) is 74.6 Å². The monoisotopic (exact) mass is 274 g/mol. The van der Waals surface area contributed by atoms with Crippen LogP contribution in [0.4, 0.5) is 0 Å². The summed E-state index contributed by atoms with van der Waals surface area (Å²) in [5.74, 6) is -2.53. The Kier molecular flexibility index (Phi) is 3.04. The zero-order valence-electron chi connectivity index (χ0n) is 11.2. The summed E-state index contributed by atoms with van der Waals surface area (Å²) in [6, 6.07) is 7.63. The number of rotatable bonds is 2. The van der Waals surface area contributed by atoms with Gasteiger partial charge in [0.05, 0.1) is 11.3 Å². The zero-order chi connectivity index (χ0) is 14.3. The smallest absolute Gasteiger partial charge is 0.314 e. The van der Waals surface area contributed by atoms with Crippen LogP contribution in [0.3, 0.4) is 0 Å². The predicted octanol–water partition coefficient (Wildman–Crippen LogP) is 2.46. The Balaban J connectivity index is 2.17. The molecule has 0 radical (unpaired) electrons. The summed E-state index contributed by atoms with van der Waals surface area (Å²) in [6.45, 7) is 0. The predicted molar refractivity (Wildman–Crippen MR) is 72.5 cm³/mol. The number of aliphatic carboxylic acids is 2. The lowest BCUT2D eigenvalue weighted by Crippen LogP contribution is -2.53. The first kappa shape index (κ1) is 13.2. The zero-order valence-corrected chi connectivity index (χ0v) is 11.2. The van der Waals surface area contributed by atoms with Gasteiger partial charge >= 0.3 is 11.9 Å². The van der Waals surface area contributed by atoms with E-state index in [9.17, 15) is 19.8 Å². The van der Waals surface area contributed by atoms with E-state index in [1.165, 1.54) is 0 Å². The fraction of sp³-hybridized carbons (Fsp3) is 0.500. The molecule has 2 aliphatic rings. The van der Waals surface area contributed by atoms with Crippen molar-refractivity contribution in [1.29, 1.82) is 0 Å². The normalized spacial score (nSPS) is 32.0. The standard InChI is InChI=1S/C16H18O4/c17-14(18)11-5-3-9-16(15(19)20)12-6-2-1-4-10(12)7-8-13(11)16/h1-2,4,6,11,13H,3,5,7-9H2,(H,17,18)(H,19,20). The van der Waals surface area contributed by atoms with Crippen molar-refractivity contribution in [3.8, 4) is 0 Å². The SMILES string of the molecule is O=C(O)C1CCCC2(C(=O)O)c3ccccc3CCC12. The van der Waals surface area contributed by atoms with Crippen LogP contribution in [-0.4, -0.2) is 22.2 Å². The third kappa shape index (κ3) is 1.67. The second kappa shape index (κ2) is 4.62. The minimum absolute atomic E-state index is 0.291. The lowest BCUT2D eigenvalue weighted by molar-refractivity contribution is -0.156. The Morgan fingerprint density at radius 1 is 1.15 bits per heavy atom. The van der Waals surface area contributed by atoms with Crippen LogP contribution in [0, 0.1) is 11.8 Å². The van der Waals surface area contributed by atoms with E-state index < -0.39 is 23.3 Å². The van der Waals surface area contributed by atoms with Gasteiger partial charge < -0.3 is 10.2 Å². The summed E-state index contributed by atoms with van der Waals surface area (Å²) >= 11 is 0. The molecule has 1 fully saturated rings. The number of carbonyl (C=O) groups is 2. The number of aryl methyl sites for hydroxylation is 1. The minimum atomic E-state index is -1.00. The fourth-order valence-corrected chi connectivity index (χ4v) is 4.27. The molecule has 0 aliphatic heterocycles. The van der Waals surface area contributed by atoms with Gasteiger partial charge in [-0.25, -0.2) is 0 Å². The third-order valence-electron chi connectivity index (χ3n) is 5.13. The van der Waals surface area contributed by atoms with Crippen molar-refractivity contribution in [2.45, 2.75) is 37.5 Å². The maximum absolute atomic E-state index is 12.0. The molecule has 0 aromatic heterocycles. The highest BCUT2D eigenvalue weighted by Crippen LogP contribution is 2.52. The van der Waals surface area contributed by atoms with Crippen LogP contribution < -0.4 is 0 Å². The van der Waals surface area contributed by atoms with E-state index in [2.05, 4.69) is 0 Å². The first-order valence-electron chi connectivity index (χ1n) is 7.12. The number of hydrogen-bond acceptors (Lipinski definition) is 2. The van der Waals surface area contributed by atoms with Crippen LogP contribution >= 0.6 is 0 Å². The number of benzene rings is 1. The molecule has 0 saturated heterocycles. The van der Waals surface area contributed by atoms with Crippen LogP contribution in [0.2, 0.25) is 0 Å². The minimum Gasteiger partial charge on any atom is -0.481 e. The molecular formula is C16H18O4. The molecule has 0 spiro atoms. The molecule has 3 atom stereocenters. The number of fused-ring (bicyclic) bond motifs is 3. The van der Waals surface area contributed by atoms with Crippen molar-refractivity contribution in [2.24, 2.45) is 11.8 Å². The Labute approximate surface area is 117 Å². The van der Waals surface area contributed by atoms with Gasteiger partial charge in [0.2, 0.25) is 0 Å². The van der Waals surface area contributed by atoms with E-state index in [-0.39, 0.29) is 5.92 Å². The molecule has 2 N–H and O–H groups in total. The molecular weight excluding hydrogens is 256 g/mol. The van der Waals surface area contributed by atoms with E-state index in [1.54, 1.807) is 0 Å². The van der Waals surface area contributed by atoms with Gasteiger partial charge in [0, 0.05) is 0 Å². The van der Waals surface area contributed by atoms with Gasteiger partial charge in [0.15, 0.2) is 0 Å².